The lowest BCUT2D eigenvalue weighted by Crippen LogP contribution is -2.30. The number of hydrazine groups is 1. The lowest BCUT2D eigenvalue weighted by Gasteiger charge is -2.33. The summed E-state index contributed by atoms with van der Waals surface area (Å²) in [5, 5.41) is 3.57. The normalized spacial score (nSPS) is 28.8. The van der Waals surface area contributed by atoms with Crippen LogP contribution >= 0.6 is 0 Å². The quantitative estimate of drug-likeness (QED) is 0.555. The van der Waals surface area contributed by atoms with Crippen molar-refractivity contribution in [3.8, 4) is 0 Å². The summed E-state index contributed by atoms with van der Waals surface area (Å²) in [5.41, 5.74) is 3.67. The average Bonchev–Trinajstić information content (AvgIpc) is 2.34. The van der Waals surface area contributed by atoms with E-state index >= 15 is 0 Å². The van der Waals surface area contributed by atoms with Crippen molar-refractivity contribution in [3.05, 3.63) is 18.3 Å². The van der Waals surface area contributed by atoms with Gasteiger partial charge >= 0.3 is 0 Å². The maximum Gasteiger partial charge on any atom is 0.141 e. The van der Waals surface area contributed by atoms with E-state index < -0.39 is 0 Å². The Labute approximate surface area is 103 Å². The van der Waals surface area contributed by atoms with Gasteiger partial charge in [0.05, 0.1) is 0 Å². The topological polar surface area (TPSA) is 63.0 Å². The predicted octanol–water partition coefficient (Wildman–Crippen LogP) is 2.60. The monoisotopic (exact) mass is 234 g/mol. The molecular formula is C13H22N4. The number of nitrogens with one attached hydrogen (secondary N) is 2. The molecule has 0 bridgehead atoms. The SMILES string of the molecule is CC1CCC(Nc2ccnc(NN)c2)CC1C. The van der Waals surface area contributed by atoms with Crippen molar-refractivity contribution in [2.75, 3.05) is 10.7 Å². The van der Waals surface area contributed by atoms with Crippen molar-refractivity contribution in [1.82, 2.24) is 4.98 Å². The van der Waals surface area contributed by atoms with Gasteiger partial charge in [0.15, 0.2) is 0 Å². The molecule has 0 amide bonds. The fourth-order valence-corrected chi connectivity index (χ4v) is 2.51. The molecule has 3 atom stereocenters. The van der Waals surface area contributed by atoms with Gasteiger partial charge in [-0.15, -0.1) is 0 Å². The molecule has 1 aliphatic carbocycles. The Hall–Kier alpha value is -1.29. The van der Waals surface area contributed by atoms with Crippen LogP contribution in [0.3, 0.4) is 0 Å². The molecule has 4 heteroatoms. The van der Waals surface area contributed by atoms with Gasteiger partial charge in [-0.2, -0.15) is 0 Å². The molecule has 1 aliphatic rings. The van der Waals surface area contributed by atoms with E-state index in [4.69, 9.17) is 5.84 Å². The molecule has 1 fully saturated rings. The van der Waals surface area contributed by atoms with E-state index in [2.05, 4.69) is 29.6 Å². The third-order valence-electron chi connectivity index (χ3n) is 3.88. The van der Waals surface area contributed by atoms with E-state index in [-0.39, 0.29) is 0 Å². The van der Waals surface area contributed by atoms with Crippen LogP contribution in [0.15, 0.2) is 18.3 Å². The summed E-state index contributed by atoms with van der Waals surface area (Å²) >= 11 is 0. The fourth-order valence-electron chi connectivity index (χ4n) is 2.51. The minimum Gasteiger partial charge on any atom is -0.382 e. The molecule has 0 spiro atoms. The zero-order valence-corrected chi connectivity index (χ0v) is 10.6. The van der Waals surface area contributed by atoms with E-state index in [0.717, 1.165) is 17.5 Å². The maximum atomic E-state index is 5.35. The Balaban J connectivity index is 1.96. The molecule has 4 nitrogen and oxygen atoms in total. The lowest BCUT2D eigenvalue weighted by molar-refractivity contribution is 0.261. The third kappa shape index (κ3) is 3.09. The summed E-state index contributed by atoms with van der Waals surface area (Å²) in [5.74, 6) is 7.71. The molecule has 0 aromatic carbocycles. The van der Waals surface area contributed by atoms with Crippen molar-refractivity contribution in [2.45, 2.75) is 39.2 Å². The molecule has 1 aromatic heterocycles. The van der Waals surface area contributed by atoms with E-state index in [9.17, 15) is 0 Å². The Morgan fingerprint density at radius 3 is 2.82 bits per heavy atom. The van der Waals surface area contributed by atoms with E-state index in [1.165, 1.54) is 19.3 Å². The Morgan fingerprint density at radius 1 is 1.29 bits per heavy atom. The Kier molecular flexibility index (Phi) is 3.84. The van der Waals surface area contributed by atoms with E-state index in [1.54, 1.807) is 6.20 Å². The van der Waals surface area contributed by atoms with Crippen LogP contribution in [0.2, 0.25) is 0 Å². The second kappa shape index (κ2) is 5.36. The highest BCUT2D eigenvalue weighted by atomic mass is 15.2. The van der Waals surface area contributed by atoms with Crippen LogP contribution in [0.1, 0.15) is 33.1 Å². The highest BCUT2D eigenvalue weighted by molar-refractivity contribution is 5.51. The number of pyridine rings is 1. The lowest BCUT2D eigenvalue weighted by atomic mass is 9.79. The van der Waals surface area contributed by atoms with Gasteiger partial charge in [0.25, 0.3) is 0 Å². The summed E-state index contributed by atoms with van der Waals surface area (Å²) in [6.07, 6.45) is 5.58. The highest BCUT2D eigenvalue weighted by Gasteiger charge is 2.24. The first kappa shape index (κ1) is 12.2. The van der Waals surface area contributed by atoms with Crippen molar-refractivity contribution in [1.29, 1.82) is 0 Å². The zero-order chi connectivity index (χ0) is 12.3. The van der Waals surface area contributed by atoms with Crippen LogP contribution in [-0.4, -0.2) is 11.0 Å². The summed E-state index contributed by atoms with van der Waals surface area (Å²) in [6.45, 7) is 4.70. The van der Waals surface area contributed by atoms with Gasteiger partial charge in [0.1, 0.15) is 5.82 Å². The number of anilines is 2. The Morgan fingerprint density at radius 2 is 2.12 bits per heavy atom. The van der Waals surface area contributed by atoms with Crippen LogP contribution in [-0.2, 0) is 0 Å². The average molecular weight is 234 g/mol. The van der Waals surface area contributed by atoms with Gasteiger partial charge in [-0.05, 0) is 37.2 Å². The molecule has 94 valence electrons. The number of nitrogens with zero attached hydrogens (tertiary/aromatic N) is 1. The molecule has 0 radical (unpaired) electrons. The standard InChI is InChI=1S/C13H22N4/c1-9-3-4-11(7-10(9)2)16-12-5-6-15-13(8-12)17-14/h5-6,8-11H,3-4,7,14H2,1-2H3,(H2,15,16,17). The van der Waals surface area contributed by atoms with Crippen molar-refractivity contribution in [2.24, 2.45) is 17.7 Å². The van der Waals surface area contributed by atoms with Crippen molar-refractivity contribution >= 4 is 11.5 Å². The van der Waals surface area contributed by atoms with Gasteiger partial charge in [0.2, 0.25) is 0 Å². The van der Waals surface area contributed by atoms with Gasteiger partial charge in [-0.1, -0.05) is 13.8 Å². The summed E-state index contributed by atoms with van der Waals surface area (Å²) in [7, 11) is 0. The molecule has 1 saturated carbocycles. The molecule has 1 heterocycles. The van der Waals surface area contributed by atoms with Crippen LogP contribution in [0.25, 0.3) is 0 Å². The number of nitrogens with two attached hydrogens (primary N) is 1. The third-order valence-corrected chi connectivity index (χ3v) is 3.88. The number of hydrogen-bond donors (Lipinski definition) is 3. The first-order chi connectivity index (χ1) is 8.19. The molecule has 2 rings (SSSR count). The number of rotatable bonds is 3. The predicted molar refractivity (Wildman–Crippen MR) is 71.6 cm³/mol. The van der Waals surface area contributed by atoms with Crippen LogP contribution in [0.4, 0.5) is 11.5 Å². The minimum absolute atomic E-state index is 0.578. The molecule has 0 saturated heterocycles. The van der Waals surface area contributed by atoms with Crippen molar-refractivity contribution in [3.63, 3.8) is 0 Å². The molecular weight excluding hydrogens is 212 g/mol. The molecule has 17 heavy (non-hydrogen) atoms. The van der Waals surface area contributed by atoms with Crippen LogP contribution in [0, 0.1) is 11.8 Å². The van der Waals surface area contributed by atoms with Gasteiger partial charge in [-0.25, -0.2) is 10.8 Å². The molecule has 3 unspecified atom stereocenters. The summed E-state index contributed by atoms with van der Waals surface area (Å²) in [4.78, 5) is 4.10. The molecule has 0 aliphatic heterocycles. The molecule has 1 aromatic rings. The van der Waals surface area contributed by atoms with Gasteiger partial charge in [-0.3, -0.25) is 0 Å². The van der Waals surface area contributed by atoms with Crippen molar-refractivity contribution < 1.29 is 0 Å². The number of nitrogen functional groups attached to an aromatic ring is 1. The zero-order valence-electron chi connectivity index (χ0n) is 10.6. The molecule has 4 N–H and O–H groups in total. The Bertz CT molecular complexity index is 366. The fraction of sp³-hybridized carbons (Fsp3) is 0.615. The number of hydrogen-bond acceptors (Lipinski definition) is 4. The van der Waals surface area contributed by atoms with E-state index in [0.29, 0.717) is 11.9 Å². The second-order valence-corrected chi connectivity index (χ2v) is 5.18. The largest absolute Gasteiger partial charge is 0.382 e. The van der Waals surface area contributed by atoms with Gasteiger partial charge in [0, 0.05) is 24.0 Å². The summed E-state index contributed by atoms with van der Waals surface area (Å²) in [6, 6.07) is 4.51. The highest BCUT2D eigenvalue weighted by Crippen LogP contribution is 2.31. The summed E-state index contributed by atoms with van der Waals surface area (Å²) < 4.78 is 0. The second-order valence-electron chi connectivity index (χ2n) is 5.18. The van der Waals surface area contributed by atoms with Gasteiger partial charge < -0.3 is 10.7 Å². The maximum absolute atomic E-state index is 5.35. The van der Waals surface area contributed by atoms with Crippen LogP contribution in [0.5, 0.6) is 0 Å². The number of aromatic nitrogens is 1. The first-order valence-corrected chi connectivity index (χ1v) is 6.38. The van der Waals surface area contributed by atoms with Crippen LogP contribution < -0.4 is 16.6 Å². The first-order valence-electron chi connectivity index (χ1n) is 6.38. The smallest absolute Gasteiger partial charge is 0.141 e. The minimum atomic E-state index is 0.578. The van der Waals surface area contributed by atoms with E-state index in [1.807, 2.05) is 12.1 Å².